The molecule has 4 rings (SSSR count). The van der Waals surface area contributed by atoms with Crippen molar-refractivity contribution in [3.05, 3.63) is 89.7 Å². The minimum atomic E-state index is -3.90. The zero-order chi connectivity index (χ0) is 26.4. The number of aliphatic hydroxyl groups excluding tert-OH is 1. The fourth-order valence-electron chi connectivity index (χ4n) is 4.36. The van der Waals surface area contributed by atoms with Crippen LogP contribution in [-0.2, 0) is 16.6 Å². The number of hydrogen-bond donors (Lipinski definition) is 1. The molecule has 8 heteroatoms. The predicted octanol–water partition coefficient (Wildman–Crippen LogP) is 3.38. The van der Waals surface area contributed by atoms with Crippen LogP contribution in [0, 0.1) is 17.8 Å². The summed E-state index contributed by atoms with van der Waals surface area (Å²) in [6, 6.07) is 20.0. The molecule has 0 aliphatic carbocycles. The van der Waals surface area contributed by atoms with E-state index in [4.69, 9.17) is 4.74 Å². The van der Waals surface area contributed by atoms with Crippen LogP contribution in [0.15, 0.2) is 77.8 Å². The van der Waals surface area contributed by atoms with Gasteiger partial charge < -0.3 is 9.84 Å². The largest absolute Gasteiger partial charge is 0.487 e. The van der Waals surface area contributed by atoms with Crippen LogP contribution in [0.25, 0.3) is 0 Å². The van der Waals surface area contributed by atoms with Crippen LogP contribution in [-0.4, -0.2) is 66.6 Å². The fourth-order valence-corrected chi connectivity index (χ4v) is 6.19. The molecule has 194 valence electrons. The van der Waals surface area contributed by atoms with E-state index in [2.05, 4.69) is 33.9 Å². The van der Waals surface area contributed by atoms with Gasteiger partial charge in [0.1, 0.15) is 22.4 Å². The zero-order valence-electron chi connectivity index (χ0n) is 21.4. The highest BCUT2D eigenvalue weighted by Gasteiger charge is 2.38. The van der Waals surface area contributed by atoms with Gasteiger partial charge in [-0.1, -0.05) is 49.2 Å². The van der Waals surface area contributed by atoms with E-state index in [1.54, 1.807) is 31.3 Å². The molecule has 37 heavy (non-hydrogen) atoms. The van der Waals surface area contributed by atoms with Crippen molar-refractivity contribution in [1.29, 1.82) is 0 Å². The highest BCUT2D eigenvalue weighted by Crippen LogP contribution is 2.34. The number of sulfonamides is 1. The van der Waals surface area contributed by atoms with Gasteiger partial charge in [0, 0.05) is 43.4 Å². The molecule has 0 saturated carbocycles. The second-order valence-electron chi connectivity index (χ2n) is 9.55. The molecule has 0 fully saturated rings. The van der Waals surface area contributed by atoms with Crippen LogP contribution >= 0.6 is 0 Å². The molecule has 2 heterocycles. The average Bonchev–Trinajstić information content (AvgIpc) is 2.90. The van der Waals surface area contributed by atoms with Gasteiger partial charge in [-0.15, -0.1) is 0 Å². The Kier molecular flexibility index (Phi) is 8.62. The molecular weight excluding hydrogens is 486 g/mol. The molecule has 2 aromatic carbocycles. The number of fused-ring (bicyclic) bond motifs is 1. The smallest absolute Gasteiger partial charge is 0.247 e. The van der Waals surface area contributed by atoms with E-state index in [1.807, 2.05) is 50.4 Å². The maximum absolute atomic E-state index is 13.7. The first-order valence-corrected chi connectivity index (χ1v) is 13.8. The number of pyridine rings is 1. The van der Waals surface area contributed by atoms with Crippen molar-refractivity contribution in [2.75, 3.05) is 26.7 Å². The molecule has 3 atom stereocenters. The van der Waals surface area contributed by atoms with Gasteiger partial charge in [0.25, 0.3) is 0 Å². The van der Waals surface area contributed by atoms with Gasteiger partial charge in [0.15, 0.2) is 0 Å². The van der Waals surface area contributed by atoms with Gasteiger partial charge in [-0.05, 0) is 55.8 Å². The van der Waals surface area contributed by atoms with Crippen molar-refractivity contribution in [3.63, 3.8) is 0 Å². The Bertz CT molecular complexity index is 1350. The number of ether oxygens (including phenoxy) is 1. The Labute approximate surface area is 219 Å². The Morgan fingerprint density at radius 1 is 1.14 bits per heavy atom. The quantitative estimate of drug-likeness (QED) is 0.503. The number of hydrogen-bond acceptors (Lipinski definition) is 6. The molecule has 0 saturated heterocycles. The molecule has 1 aromatic heterocycles. The standard InChI is InChI=1S/C29H33N3O4S/c1-22-18-32(23(2)21-33)37(34,35)29-15-13-24(12-14-26-11-7-8-16-30-26)17-27(29)36-28(22)20-31(3)19-25-9-5-4-6-10-25/h4-11,13,15-17,22-23,28,33H,18-21H2,1-3H3/t22-,23+,28-/m1/s1. The molecule has 1 aliphatic rings. The van der Waals surface area contributed by atoms with Gasteiger partial charge >= 0.3 is 0 Å². The number of aromatic nitrogens is 1. The Balaban J connectivity index is 1.69. The van der Waals surface area contributed by atoms with E-state index in [-0.39, 0.29) is 35.8 Å². The first-order valence-electron chi connectivity index (χ1n) is 12.4. The molecule has 1 aliphatic heterocycles. The Hall–Kier alpha value is -3.22. The van der Waals surface area contributed by atoms with Gasteiger partial charge in [-0.2, -0.15) is 4.31 Å². The summed E-state index contributed by atoms with van der Waals surface area (Å²) in [5.41, 5.74) is 2.44. The van der Waals surface area contributed by atoms with Crippen molar-refractivity contribution in [3.8, 4) is 17.6 Å². The minimum absolute atomic E-state index is 0.0822. The molecule has 0 radical (unpaired) electrons. The number of benzene rings is 2. The van der Waals surface area contributed by atoms with Crippen LogP contribution in [0.5, 0.6) is 5.75 Å². The van der Waals surface area contributed by atoms with Gasteiger partial charge in [-0.3, -0.25) is 4.90 Å². The number of aliphatic hydroxyl groups is 1. The third-order valence-corrected chi connectivity index (χ3v) is 8.47. The van der Waals surface area contributed by atoms with Crippen molar-refractivity contribution >= 4 is 10.0 Å². The lowest BCUT2D eigenvalue weighted by Crippen LogP contribution is -2.49. The number of rotatable bonds is 6. The second-order valence-corrected chi connectivity index (χ2v) is 11.4. The lowest BCUT2D eigenvalue weighted by molar-refractivity contribution is 0.0733. The summed E-state index contributed by atoms with van der Waals surface area (Å²) in [6.07, 6.45) is 1.39. The van der Waals surface area contributed by atoms with Crippen LogP contribution < -0.4 is 4.74 Å². The van der Waals surface area contributed by atoms with Crippen molar-refractivity contribution in [2.24, 2.45) is 5.92 Å². The molecule has 1 N–H and O–H groups in total. The maximum Gasteiger partial charge on any atom is 0.247 e. The van der Waals surface area contributed by atoms with E-state index in [0.29, 0.717) is 17.8 Å². The first kappa shape index (κ1) is 26.8. The summed E-state index contributed by atoms with van der Waals surface area (Å²) in [5.74, 6) is 6.23. The molecule has 0 amide bonds. The first-order chi connectivity index (χ1) is 17.8. The number of nitrogens with zero attached hydrogens (tertiary/aromatic N) is 3. The van der Waals surface area contributed by atoms with Crippen LogP contribution in [0.4, 0.5) is 0 Å². The highest BCUT2D eigenvalue weighted by molar-refractivity contribution is 7.89. The zero-order valence-corrected chi connectivity index (χ0v) is 22.2. The van der Waals surface area contributed by atoms with Crippen molar-refractivity contribution < 1.29 is 18.3 Å². The Morgan fingerprint density at radius 2 is 1.89 bits per heavy atom. The average molecular weight is 520 g/mol. The highest BCUT2D eigenvalue weighted by atomic mass is 32.2. The molecule has 3 aromatic rings. The summed E-state index contributed by atoms with van der Waals surface area (Å²) in [4.78, 5) is 6.48. The van der Waals surface area contributed by atoms with Gasteiger partial charge in [-0.25, -0.2) is 13.4 Å². The maximum atomic E-state index is 13.7. The molecule has 7 nitrogen and oxygen atoms in total. The molecular formula is C29H33N3O4S. The van der Waals surface area contributed by atoms with Crippen LogP contribution in [0.2, 0.25) is 0 Å². The molecule has 0 bridgehead atoms. The van der Waals surface area contributed by atoms with E-state index in [1.165, 1.54) is 9.87 Å². The minimum Gasteiger partial charge on any atom is -0.487 e. The van der Waals surface area contributed by atoms with Gasteiger partial charge in [0.05, 0.1) is 6.61 Å². The molecule has 0 spiro atoms. The lowest BCUT2D eigenvalue weighted by atomic mass is 10.0. The monoisotopic (exact) mass is 519 g/mol. The third kappa shape index (κ3) is 6.56. The summed E-state index contributed by atoms with van der Waals surface area (Å²) < 4.78 is 35.2. The lowest BCUT2D eigenvalue weighted by Gasteiger charge is -2.37. The summed E-state index contributed by atoms with van der Waals surface area (Å²) >= 11 is 0. The van der Waals surface area contributed by atoms with Crippen molar-refractivity contribution in [2.45, 2.75) is 37.4 Å². The topological polar surface area (TPSA) is 83.0 Å². The van der Waals surface area contributed by atoms with E-state index in [9.17, 15) is 13.5 Å². The Morgan fingerprint density at radius 3 is 2.59 bits per heavy atom. The van der Waals surface area contributed by atoms with Crippen LogP contribution in [0.1, 0.15) is 30.7 Å². The van der Waals surface area contributed by atoms with Crippen LogP contribution in [0.3, 0.4) is 0 Å². The summed E-state index contributed by atoms with van der Waals surface area (Å²) in [7, 11) is -1.87. The SMILES string of the molecule is C[C@@H]1CN([C@@H](C)CO)S(=O)(=O)c2ccc(C#Cc3ccccn3)cc2O[C@@H]1CN(C)Cc1ccccc1. The van der Waals surface area contributed by atoms with E-state index >= 15 is 0 Å². The normalized spacial score (nSPS) is 20.0. The fraction of sp³-hybridized carbons (Fsp3) is 0.345. The van der Waals surface area contributed by atoms with Crippen molar-refractivity contribution in [1.82, 2.24) is 14.2 Å². The molecule has 0 unspecified atom stereocenters. The number of likely N-dealkylation sites (N-methyl/N-ethyl adjacent to an activating group) is 1. The van der Waals surface area contributed by atoms with E-state index in [0.717, 1.165) is 6.54 Å². The predicted molar refractivity (Wildman–Crippen MR) is 143 cm³/mol. The summed E-state index contributed by atoms with van der Waals surface area (Å²) in [5, 5.41) is 9.84. The van der Waals surface area contributed by atoms with Gasteiger partial charge in [0.2, 0.25) is 10.0 Å². The second kappa shape index (κ2) is 11.9. The summed E-state index contributed by atoms with van der Waals surface area (Å²) in [6.45, 7) is 5.02. The third-order valence-electron chi connectivity index (χ3n) is 6.45. The van der Waals surface area contributed by atoms with E-state index < -0.39 is 16.1 Å².